The fourth-order valence-corrected chi connectivity index (χ4v) is 3.95. The SMILES string of the molecule is CCC1(CO)CCN(c2cccc(S(C)(=O)=O)c2[N+](=O)[O-])CC1. The first-order valence-electron chi connectivity index (χ1n) is 7.57. The molecular formula is C15H22N2O5S. The van der Waals surface area contributed by atoms with E-state index in [0.717, 1.165) is 25.5 Å². The molecule has 8 heteroatoms. The lowest BCUT2D eigenvalue weighted by atomic mass is 9.77. The van der Waals surface area contributed by atoms with Crippen molar-refractivity contribution in [1.29, 1.82) is 0 Å². The van der Waals surface area contributed by atoms with Gasteiger partial charge in [0.1, 0.15) is 10.6 Å². The van der Waals surface area contributed by atoms with Crippen molar-refractivity contribution in [2.75, 3.05) is 30.9 Å². The number of piperidine rings is 1. The van der Waals surface area contributed by atoms with Crippen LogP contribution in [0.1, 0.15) is 26.2 Å². The molecule has 1 aliphatic heterocycles. The van der Waals surface area contributed by atoms with Crippen LogP contribution in [0.15, 0.2) is 23.1 Å². The summed E-state index contributed by atoms with van der Waals surface area (Å²) in [6, 6.07) is 4.39. The summed E-state index contributed by atoms with van der Waals surface area (Å²) < 4.78 is 23.7. The Labute approximate surface area is 136 Å². The zero-order chi connectivity index (χ0) is 17.3. The van der Waals surface area contributed by atoms with Gasteiger partial charge in [-0.1, -0.05) is 13.0 Å². The number of nitro benzene ring substituents is 1. The van der Waals surface area contributed by atoms with Crippen molar-refractivity contribution >= 4 is 21.2 Å². The largest absolute Gasteiger partial charge is 0.396 e. The Bertz CT molecular complexity index is 688. The summed E-state index contributed by atoms with van der Waals surface area (Å²) in [6.07, 6.45) is 3.27. The molecule has 2 rings (SSSR count). The zero-order valence-electron chi connectivity index (χ0n) is 13.4. The van der Waals surface area contributed by atoms with Crippen LogP contribution in [0.5, 0.6) is 0 Å². The molecule has 23 heavy (non-hydrogen) atoms. The number of para-hydroxylation sites is 1. The molecule has 1 aromatic rings. The maximum atomic E-state index is 11.8. The Kier molecular flexibility index (Phi) is 4.95. The minimum atomic E-state index is -3.68. The monoisotopic (exact) mass is 342 g/mol. The van der Waals surface area contributed by atoms with Gasteiger partial charge in [0.2, 0.25) is 0 Å². The van der Waals surface area contributed by atoms with E-state index in [1.54, 1.807) is 6.07 Å². The Hall–Kier alpha value is -1.67. The van der Waals surface area contributed by atoms with Crippen molar-refractivity contribution in [2.24, 2.45) is 5.41 Å². The number of benzene rings is 1. The number of rotatable bonds is 5. The summed E-state index contributed by atoms with van der Waals surface area (Å²) in [7, 11) is -3.68. The number of nitro groups is 1. The van der Waals surface area contributed by atoms with E-state index >= 15 is 0 Å². The summed E-state index contributed by atoms with van der Waals surface area (Å²) in [4.78, 5) is 12.4. The molecule has 1 saturated heterocycles. The highest BCUT2D eigenvalue weighted by atomic mass is 32.2. The van der Waals surface area contributed by atoms with E-state index in [0.29, 0.717) is 18.8 Å². The van der Waals surface area contributed by atoms with E-state index in [1.165, 1.54) is 12.1 Å². The first kappa shape index (κ1) is 17.7. The Balaban J connectivity index is 2.40. The van der Waals surface area contributed by atoms with E-state index in [9.17, 15) is 23.6 Å². The number of aliphatic hydroxyl groups is 1. The molecule has 128 valence electrons. The lowest BCUT2D eigenvalue weighted by Gasteiger charge is -2.41. The summed E-state index contributed by atoms with van der Waals surface area (Å²) in [6.45, 7) is 3.24. The van der Waals surface area contributed by atoms with Crippen LogP contribution in [-0.4, -0.2) is 44.4 Å². The molecule has 0 unspecified atom stereocenters. The van der Waals surface area contributed by atoms with E-state index < -0.39 is 14.8 Å². The normalized spacial score (nSPS) is 18.0. The van der Waals surface area contributed by atoms with Crippen molar-refractivity contribution in [3.63, 3.8) is 0 Å². The third-order valence-electron chi connectivity index (χ3n) is 4.81. The highest BCUT2D eigenvalue weighted by Crippen LogP contribution is 2.40. The van der Waals surface area contributed by atoms with Crippen LogP contribution < -0.4 is 4.90 Å². The number of nitrogens with zero attached hydrogens (tertiary/aromatic N) is 2. The molecule has 0 spiro atoms. The van der Waals surface area contributed by atoms with E-state index in [4.69, 9.17) is 0 Å². The van der Waals surface area contributed by atoms with Gasteiger partial charge in [-0.15, -0.1) is 0 Å². The molecule has 0 saturated carbocycles. The molecule has 1 aromatic carbocycles. The van der Waals surface area contributed by atoms with Crippen molar-refractivity contribution in [3.8, 4) is 0 Å². The lowest BCUT2D eigenvalue weighted by Crippen LogP contribution is -2.42. The predicted octanol–water partition coefficient (Wildman–Crippen LogP) is 1.99. The first-order chi connectivity index (χ1) is 10.7. The molecule has 0 aliphatic carbocycles. The number of hydrogen-bond donors (Lipinski definition) is 1. The molecule has 1 heterocycles. The average Bonchev–Trinajstić information content (AvgIpc) is 2.53. The highest BCUT2D eigenvalue weighted by Gasteiger charge is 2.35. The molecule has 7 nitrogen and oxygen atoms in total. The van der Waals surface area contributed by atoms with Crippen LogP contribution in [0, 0.1) is 15.5 Å². The second-order valence-electron chi connectivity index (χ2n) is 6.15. The highest BCUT2D eigenvalue weighted by molar-refractivity contribution is 7.90. The molecule has 0 amide bonds. The van der Waals surface area contributed by atoms with Gasteiger partial charge < -0.3 is 10.0 Å². The van der Waals surface area contributed by atoms with Crippen LogP contribution in [0.2, 0.25) is 0 Å². The second-order valence-corrected chi connectivity index (χ2v) is 8.14. The summed E-state index contributed by atoms with van der Waals surface area (Å²) >= 11 is 0. The van der Waals surface area contributed by atoms with Gasteiger partial charge in [-0.05, 0) is 36.8 Å². The van der Waals surface area contributed by atoms with Crippen molar-refractivity contribution in [2.45, 2.75) is 31.1 Å². The van der Waals surface area contributed by atoms with Crippen molar-refractivity contribution < 1.29 is 18.4 Å². The van der Waals surface area contributed by atoms with Gasteiger partial charge in [0, 0.05) is 26.0 Å². The maximum absolute atomic E-state index is 11.8. The molecule has 0 radical (unpaired) electrons. The first-order valence-corrected chi connectivity index (χ1v) is 9.46. The molecule has 0 bridgehead atoms. The molecule has 1 aliphatic rings. The van der Waals surface area contributed by atoms with Crippen molar-refractivity contribution in [3.05, 3.63) is 28.3 Å². The average molecular weight is 342 g/mol. The van der Waals surface area contributed by atoms with Gasteiger partial charge in [-0.2, -0.15) is 0 Å². The Morgan fingerprint density at radius 3 is 2.39 bits per heavy atom. The minimum Gasteiger partial charge on any atom is -0.396 e. The quantitative estimate of drug-likeness (QED) is 0.649. The Morgan fingerprint density at radius 2 is 1.96 bits per heavy atom. The van der Waals surface area contributed by atoms with Crippen LogP contribution in [0.25, 0.3) is 0 Å². The lowest BCUT2D eigenvalue weighted by molar-refractivity contribution is -0.387. The van der Waals surface area contributed by atoms with Gasteiger partial charge in [0.25, 0.3) is 0 Å². The number of anilines is 1. The number of sulfone groups is 1. The van der Waals surface area contributed by atoms with Crippen LogP contribution in [0.4, 0.5) is 11.4 Å². The fraction of sp³-hybridized carbons (Fsp3) is 0.600. The van der Waals surface area contributed by atoms with E-state index in [-0.39, 0.29) is 22.6 Å². The molecule has 1 N–H and O–H groups in total. The number of aliphatic hydroxyl groups excluding tert-OH is 1. The molecule has 1 fully saturated rings. The zero-order valence-corrected chi connectivity index (χ0v) is 14.2. The molecule has 0 aromatic heterocycles. The van der Waals surface area contributed by atoms with Crippen LogP contribution >= 0.6 is 0 Å². The van der Waals surface area contributed by atoms with Gasteiger partial charge >= 0.3 is 5.69 Å². The third-order valence-corrected chi connectivity index (χ3v) is 5.94. The van der Waals surface area contributed by atoms with Crippen molar-refractivity contribution in [1.82, 2.24) is 0 Å². The summed E-state index contributed by atoms with van der Waals surface area (Å²) in [5.41, 5.74) is -0.164. The smallest absolute Gasteiger partial charge is 0.311 e. The van der Waals surface area contributed by atoms with Gasteiger partial charge in [0.05, 0.1) is 4.92 Å². The molecule has 0 atom stereocenters. The standard InChI is InChI=1S/C15H22N2O5S/c1-3-15(11-18)7-9-16(10-8-15)12-5-4-6-13(23(2,21)22)14(12)17(19)20/h4-6,18H,3,7-11H2,1-2H3. The minimum absolute atomic E-state index is 0.100. The third kappa shape index (κ3) is 3.48. The Morgan fingerprint density at radius 1 is 1.35 bits per heavy atom. The van der Waals surface area contributed by atoms with Crippen LogP contribution in [-0.2, 0) is 9.84 Å². The van der Waals surface area contributed by atoms with E-state index in [1.807, 2.05) is 11.8 Å². The second kappa shape index (κ2) is 6.45. The summed E-state index contributed by atoms with van der Waals surface area (Å²) in [5, 5.41) is 21.0. The molecular weight excluding hydrogens is 320 g/mol. The van der Waals surface area contributed by atoms with E-state index in [2.05, 4.69) is 0 Å². The maximum Gasteiger partial charge on any atom is 0.311 e. The van der Waals surface area contributed by atoms with Crippen LogP contribution in [0.3, 0.4) is 0 Å². The topological polar surface area (TPSA) is 101 Å². The van der Waals surface area contributed by atoms with Gasteiger partial charge in [-0.3, -0.25) is 10.1 Å². The van der Waals surface area contributed by atoms with Gasteiger partial charge in [-0.25, -0.2) is 8.42 Å². The number of hydrogen-bond acceptors (Lipinski definition) is 6. The van der Waals surface area contributed by atoms with Gasteiger partial charge in [0.15, 0.2) is 9.84 Å². The fourth-order valence-electron chi connectivity index (χ4n) is 3.09. The predicted molar refractivity (Wildman–Crippen MR) is 87.5 cm³/mol. The summed E-state index contributed by atoms with van der Waals surface area (Å²) in [5.74, 6) is 0.